The van der Waals surface area contributed by atoms with Gasteiger partial charge in [0.25, 0.3) is 0 Å². The van der Waals surface area contributed by atoms with Crippen molar-refractivity contribution in [2.45, 2.75) is 0 Å². The van der Waals surface area contributed by atoms with Crippen molar-refractivity contribution in [3.63, 3.8) is 0 Å². The predicted molar refractivity (Wildman–Crippen MR) is 205 cm³/mol. The molecule has 0 fully saturated rings. The summed E-state index contributed by atoms with van der Waals surface area (Å²) >= 11 is 1.73. The van der Waals surface area contributed by atoms with Crippen LogP contribution in [-0.4, -0.2) is 19.9 Å². The first-order valence-electron chi connectivity index (χ1n) is 16.5. The fraction of sp³-hybridized carbons (Fsp3) is 0. The van der Waals surface area contributed by atoms with Gasteiger partial charge in [-0.05, 0) is 58.3 Å². The second kappa shape index (κ2) is 11.6. The van der Waals surface area contributed by atoms with Crippen molar-refractivity contribution in [1.82, 2.24) is 19.9 Å². The summed E-state index contributed by atoms with van der Waals surface area (Å²) in [5.41, 5.74) is 7.63. The third-order valence-corrected chi connectivity index (χ3v) is 10.3. The number of nitrogens with zero attached hydrogens (tertiary/aromatic N) is 4. The maximum atomic E-state index is 6.24. The van der Waals surface area contributed by atoms with E-state index in [2.05, 4.69) is 91.0 Å². The fourth-order valence-corrected chi connectivity index (χ4v) is 7.92. The van der Waals surface area contributed by atoms with Crippen LogP contribution in [0.5, 0.6) is 0 Å². The Morgan fingerprint density at radius 2 is 1.08 bits per heavy atom. The molecule has 0 N–H and O–H groups in total. The molecule has 0 bridgehead atoms. The van der Waals surface area contributed by atoms with Gasteiger partial charge in [-0.2, -0.15) is 0 Å². The number of thiophene rings is 1. The topological polar surface area (TPSA) is 64.7 Å². The van der Waals surface area contributed by atoms with Gasteiger partial charge in [0.1, 0.15) is 5.52 Å². The van der Waals surface area contributed by atoms with Crippen LogP contribution in [0, 0.1) is 0 Å². The molecule has 0 aliphatic rings. The molecule has 0 atom stereocenters. The molecule has 50 heavy (non-hydrogen) atoms. The standard InChI is InChI=1S/C44H26N4OS/c1-4-13-27(14-5-1)34-24-31(23-30-19-10-11-20-32(30)34)42-46-41(28-15-6-2-7-16-28)47-43(48-42)33-21-12-22-38-40(33)35-25-36-37(26-39(35)50-38)49-44(45-36)29-17-8-3-9-18-29/h1-26H. The molecule has 0 unspecified atom stereocenters. The second-order valence-electron chi connectivity index (χ2n) is 12.3. The average molecular weight is 659 g/mol. The number of aromatic nitrogens is 4. The van der Waals surface area contributed by atoms with Crippen molar-refractivity contribution in [1.29, 1.82) is 0 Å². The van der Waals surface area contributed by atoms with Crippen LogP contribution < -0.4 is 0 Å². The molecule has 7 aromatic carbocycles. The lowest BCUT2D eigenvalue weighted by Gasteiger charge is -2.13. The van der Waals surface area contributed by atoms with Crippen LogP contribution in [0.25, 0.3) is 98.8 Å². The fourth-order valence-electron chi connectivity index (χ4n) is 6.78. The molecule has 3 heterocycles. The SMILES string of the molecule is c1ccc(-c2nc(-c3cc(-c4ccccc4)c4ccccc4c3)nc(-c3cccc4sc5cc6oc(-c7ccccc7)nc6cc5c34)n2)cc1. The summed E-state index contributed by atoms with van der Waals surface area (Å²) in [6, 6.07) is 54.1. The minimum absolute atomic E-state index is 0.614. The molecule has 234 valence electrons. The van der Waals surface area contributed by atoms with Crippen LogP contribution in [0.2, 0.25) is 0 Å². The Morgan fingerprint density at radius 3 is 1.86 bits per heavy atom. The van der Waals surface area contributed by atoms with E-state index in [0.29, 0.717) is 23.4 Å². The van der Waals surface area contributed by atoms with Gasteiger partial charge in [-0.15, -0.1) is 11.3 Å². The molecule has 0 radical (unpaired) electrons. The summed E-state index contributed by atoms with van der Waals surface area (Å²) in [5, 5.41) is 4.51. The van der Waals surface area contributed by atoms with E-state index in [4.69, 9.17) is 24.4 Å². The third-order valence-electron chi connectivity index (χ3n) is 9.14. The van der Waals surface area contributed by atoms with Crippen molar-refractivity contribution >= 4 is 53.4 Å². The number of hydrogen-bond acceptors (Lipinski definition) is 6. The van der Waals surface area contributed by atoms with E-state index in [1.54, 1.807) is 11.3 Å². The molecule has 10 aromatic rings. The number of benzene rings is 7. The highest BCUT2D eigenvalue weighted by molar-refractivity contribution is 7.26. The van der Waals surface area contributed by atoms with Gasteiger partial charge >= 0.3 is 0 Å². The quantitative estimate of drug-likeness (QED) is 0.184. The molecule has 0 saturated heterocycles. The molecule has 0 saturated carbocycles. The normalized spacial score (nSPS) is 11.6. The van der Waals surface area contributed by atoms with E-state index in [9.17, 15) is 0 Å². The molecule has 0 spiro atoms. The summed E-state index contributed by atoms with van der Waals surface area (Å²) in [4.78, 5) is 20.4. The van der Waals surface area contributed by atoms with Crippen molar-refractivity contribution in [3.8, 4) is 56.7 Å². The first-order chi connectivity index (χ1) is 24.7. The largest absolute Gasteiger partial charge is 0.436 e. The highest BCUT2D eigenvalue weighted by Crippen LogP contribution is 2.42. The van der Waals surface area contributed by atoms with Crippen molar-refractivity contribution in [2.24, 2.45) is 0 Å². The molecular formula is C44H26N4OS. The first kappa shape index (κ1) is 28.5. The van der Waals surface area contributed by atoms with E-state index in [1.807, 2.05) is 66.7 Å². The predicted octanol–water partition coefficient (Wildman–Crippen LogP) is 11.9. The Morgan fingerprint density at radius 1 is 0.420 bits per heavy atom. The van der Waals surface area contributed by atoms with Gasteiger partial charge in [0.2, 0.25) is 5.89 Å². The van der Waals surface area contributed by atoms with Crippen LogP contribution in [0.15, 0.2) is 162 Å². The van der Waals surface area contributed by atoms with E-state index < -0.39 is 0 Å². The van der Waals surface area contributed by atoms with Gasteiger partial charge in [-0.3, -0.25) is 0 Å². The van der Waals surface area contributed by atoms with Crippen LogP contribution in [0.1, 0.15) is 0 Å². The molecule has 0 amide bonds. The van der Waals surface area contributed by atoms with Gasteiger partial charge in [0.15, 0.2) is 23.1 Å². The third kappa shape index (κ3) is 4.85. The van der Waals surface area contributed by atoms with E-state index in [1.165, 1.54) is 5.39 Å². The van der Waals surface area contributed by atoms with Gasteiger partial charge in [-0.1, -0.05) is 115 Å². The zero-order chi connectivity index (χ0) is 33.0. The number of oxazole rings is 1. The highest BCUT2D eigenvalue weighted by atomic mass is 32.1. The Balaban J connectivity index is 1.20. The summed E-state index contributed by atoms with van der Waals surface area (Å²) < 4.78 is 8.50. The monoisotopic (exact) mass is 658 g/mol. The van der Waals surface area contributed by atoms with Crippen LogP contribution in [-0.2, 0) is 0 Å². The van der Waals surface area contributed by atoms with E-state index >= 15 is 0 Å². The van der Waals surface area contributed by atoms with Crippen LogP contribution in [0.3, 0.4) is 0 Å². The van der Waals surface area contributed by atoms with Gasteiger partial charge in [-0.25, -0.2) is 19.9 Å². The molecular weight excluding hydrogens is 633 g/mol. The molecule has 10 rings (SSSR count). The summed E-state index contributed by atoms with van der Waals surface area (Å²) in [7, 11) is 0. The molecule has 6 heteroatoms. The Labute approximate surface area is 291 Å². The zero-order valence-electron chi connectivity index (χ0n) is 26.6. The van der Waals surface area contributed by atoms with Crippen molar-refractivity contribution in [3.05, 3.63) is 158 Å². The van der Waals surface area contributed by atoms with Crippen molar-refractivity contribution < 1.29 is 4.42 Å². The lowest BCUT2D eigenvalue weighted by atomic mass is 9.95. The smallest absolute Gasteiger partial charge is 0.227 e. The minimum atomic E-state index is 0.614. The van der Waals surface area contributed by atoms with E-state index in [0.717, 1.165) is 70.0 Å². The Hall–Kier alpha value is -6.50. The summed E-state index contributed by atoms with van der Waals surface area (Å²) in [6.07, 6.45) is 0. The maximum Gasteiger partial charge on any atom is 0.227 e. The Kier molecular flexibility index (Phi) is 6.60. The summed E-state index contributed by atoms with van der Waals surface area (Å²) in [6.45, 7) is 0. The molecule has 0 aliphatic heterocycles. The first-order valence-corrected chi connectivity index (χ1v) is 17.3. The van der Waals surface area contributed by atoms with Crippen LogP contribution in [0.4, 0.5) is 0 Å². The van der Waals surface area contributed by atoms with Crippen LogP contribution >= 0.6 is 11.3 Å². The number of fused-ring (bicyclic) bond motifs is 5. The van der Waals surface area contributed by atoms with Gasteiger partial charge < -0.3 is 4.42 Å². The van der Waals surface area contributed by atoms with Crippen molar-refractivity contribution in [2.75, 3.05) is 0 Å². The number of rotatable bonds is 5. The molecule has 5 nitrogen and oxygen atoms in total. The lowest BCUT2D eigenvalue weighted by Crippen LogP contribution is -2.00. The van der Waals surface area contributed by atoms with Gasteiger partial charge in [0.05, 0.1) is 0 Å². The number of hydrogen-bond donors (Lipinski definition) is 0. The average Bonchev–Trinajstić information content (AvgIpc) is 3.78. The summed E-state index contributed by atoms with van der Waals surface area (Å²) in [5.74, 6) is 2.49. The highest BCUT2D eigenvalue weighted by Gasteiger charge is 2.19. The molecule has 3 aromatic heterocycles. The lowest BCUT2D eigenvalue weighted by molar-refractivity contribution is 0.620. The Bertz CT molecular complexity index is 2860. The van der Waals surface area contributed by atoms with E-state index in [-0.39, 0.29) is 0 Å². The molecule has 0 aliphatic carbocycles. The second-order valence-corrected chi connectivity index (χ2v) is 13.3. The van der Waals surface area contributed by atoms with Gasteiger partial charge in [0, 0.05) is 48.5 Å². The zero-order valence-corrected chi connectivity index (χ0v) is 27.4. The minimum Gasteiger partial charge on any atom is -0.436 e. The maximum absolute atomic E-state index is 6.24.